The molecular weight excluding hydrogens is 427 g/mol. The van der Waals surface area contributed by atoms with E-state index in [1.165, 1.54) is 38.2 Å². The fourth-order valence-electron chi connectivity index (χ4n) is 3.22. The molecule has 2 aromatic rings. The predicted octanol–water partition coefficient (Wildman–Crippen LogP) is 3.38. The molecule has 11 heteroatoms. The van der Waals surface area contributed by atoms with Gasteiger partial charge in [-0.15, -0.1) is 0 Å². The number of nitrogens with zero attached hydrogens (tertiary/aromatic N) is 3. The maximum absolute atomic E-state index is 15.5. The van der Waals surface area contributed by atoms with Crippen molar-refractivity contribution in [3.05, 3.63) is 52.3 Å². The highest BCUT2D eigenvalue weighted by molar-refractivity contribution is 6.32. The average molecular weight is 445 g/mol. The number of carbonyl (C=O) groups is 2. The highest BCUT2D eigenvalue weighted by Crippen LogP contribution is 2.38. The van der Waals surface area contributed by atoms with Gasteiger partial charge in [0.25, 0.3) is 0 Å². The molecule has 0 saturated carbocycles. The maximum atomic E-state index is 15.5. The molecule has 0 unspecified atom stereocenters. The minimum absolute atomic E-state index is 0.0421. The summed E-state index contributed by atoms with van der Waals surface area (Å²) in [6.45, 7) is 1.54. The van der Waals surface area contributed by atoms with E-state index in [1.807, 2.05) is 6.07 Å². The second-order valence-electron chi connectivity index (χ2n) is 7.09. The zero-order valence-electron chi connectivity index (χ0n) is 16.5. The Hall–Kier alpha value is -3.84. The highest BCUT2D eigenvalue weighted by atomic mass is 35.5. The smallest absolute Gasteiger partial charge is 0.411 e. The topological polar surface area (TPSA) is 144 Å². The molecule has 1 aliphatic rings. The first-order valence-corrected chi connectivity index (χ1v) is 9.35. The third-order valence-electron chi connectivity index (χ3n) is 4.87. The Labute approximate surface area is 181 Å². The van der Waals surface area contributed by atoms with Gasteiger partial charge in [-0.1, -0.05) is 23.7 Å². The van der Waals surface area contributed by atoms with Crippen LogP contribution in [0.25, 0.3) is 0 Å². The van der Waals surface area contributed by atoms with Crippen LogP contribution in [0.3, 0.4) is 0 Å². The molecule has 0 spiro atoms. The van der Waals surface area contributed by atoms with Gasteiger partial charge in [0.05, 0.1) is 39.6 Å². The summed E-state index contributed by atoms with van der Waals surface area (Å²) in [6, 6.07) is 9.19. The van der Waals surface area contributed by atoms with Crippen LogP contribution in [0.5, 0.6) is 0 Å². The number of nitrogens with one attached hydrogen (secondary N) is 2. The standard InChI is InChI=1S/C20H18ClFN6O3/c1-20(8-16(29)28(2)18(27-20)26-19(30)31)11-4-3-5-14(17(11)22)25-15-7-12(21)10(9-23)6-13(15)24/h3-7,25H,8,24H2,1-2H3,(H,26,27)(H,30,31)/t20-/m0/s1. The number of nitriles is 1. The molecule has 9 nitrogen and oxygen atoms in total. The molecule has 0 saturated heterocycles. The molecular formula is C20H18ClFN6O3. The molecule has 0 fully saturated rings. The second kappa shape index (κ2) is 8.12. The summed E-state index contributed by atoms with van der Waals surface area (Å²) in [4.78, 5) is 28.8. The summed E-state index contributed by atoms with van der Waals surface area (Å²) >= 11 is 6.04. The quantitative estimate of drug-likeness (QED) is 0.534. The van der Waals surface area contributed by atoms with E-state index < -0.39 is 23.4 Å². The second-order valence-corrected chi connectivity index (χ2v) is 7.50. The lowest BCUT2D eigenvalue weighted by molar-refractivity contribution is -0.128. The zero-order chi connectivity index (χ0) is 22.9. The van der Waals surface area contributed by atoms with Crippen LogP contribution in [0.2, 0.25) is 5.02 Å². The van der Waals surface area contributed by atoms with Crippen LogP contribution >= 0.6 is 11.6 Å². The largest absolute Gasteiger partial charge is 0.465 e. The fraction of sp³-hybridized carbons (Fsp3) is 0.200. The van der Waals surface area contributed by atoms with Crippen LogP contribution < -0.4 is 16.4 Å². The Morgan fingerprint density at radius 3 is 2.77 bits per heavy atom. The normalized spacial score (nSPS) is 18.2. The lowest BCUT2D eigenvalue weighted by Crippen LogP contribution is -2.51. The number of halogens is 2. The van der Waals surface area contributed by atoms with Gasteiger partial charge in [-0.25, -0.2) is 14.2 Å². The number of benzene rings is 2. The lowest BCUT2D eigenvalue weighted by Gasteiger charge is -2.35. The molecule has 31 heavy (non-hydrogen) atoms. The minimum atomic E-state index is -1.40. The van der Waals surface area contributed by atoms with E-state index in [4.69, 9.17) is 27.7 Å². The zero-order valence-corrected chi connectivity index (χ0v) is 17.3. The molecule has 0 bridgehead atoms. The van der Waals surface area contributed by atoms with Crippen LogP contribution in [-0.2, 0) is 10.3 Å². The Bertz CT molecular complexity index is 1160. The van der Waals surface area contributed by atoms with Gasteiger partial charge in [-0.05, 0) is 25.1 Å². The molecule has 1 heterocycles. The van der Waals surface area contributed by atoms with Gasteiger partial charge in [-0.3, -0.25) is 15.0 Å². The van der Waals surface area contributed by atoms with E-state index in [1.54, 1.807) is 6.07 Å². The molecule has 1 aliphatic heterocycles. The number of anilines is 3. The average Bonchev–Trinajstić information content (AvgIpc) is 2.69. The first-order chi connectivity index (χ1) is 14.6. The number of rotatable bonds is 3. The predicted molar refractivity (Wildman–Crippen MR) is 114 cm³/mol. The molecule has 0 radical (unpaired) electrons. The van der Waals surface area contributed by atoms with Gasteiger partial charge >= 0.3 is 6.09 Å². The van der Waals surface area contributed by atoms with Gasteiger partial charge in [0.2, 0.25) is 11.9 Å². The maximum Gasteiger partial charge on any atom is 0.411 e. The summed E-state index contributed by atoms with van der Waals surface area (Å²) in [5.74, 6) is -1.32. The highest BCUT2D eigenvalue weighted by Gasteiger charge is 2.39. The van der Waals surface area contributed by atoms with Crippen LogP contribution in [0, 0.1) is 17.1 Å². The molecule has 1 atom stereocenters. The van der Waals surface area contributed by atoms with Crippen molar-refractivity contribution in [1.29, 1.82) is 5.26 Å². The molecule has 160 valence electrons. The van der Waals surface area contributed by atoms with E-state index in [2.05, 4.69) is 15.6 Å². The van der Waals surface area contributed by atoms with Gasteiger partial charge in [0, 0.05) is 12.6 Å². The van der Waals surface area contributed by atoms with Crippen molar-refractivity contribution < 1.29 is 19.1 Å². The number of aliphatic imine (C=N–C) groups is 1. The number of hydrogen-bond donors (Lipinski definition) is 4. The fourth-order valence-corrected chi connectivity index (χ4v) is 3.42. The molecule has 0 aromatic heterocycles. The van der Waals surface area contributed by atoms with Gasteiger partial charge in [-0.2, -0.15) is 5.26 Å². The van der Waals surface area contributed by atoms with Crippen molar-refractivity contribution in [3.63, 3.8) is 0 Å². The number of hydrogen-bond acceptors (Lipinski definition) is 6. The van der Waals surface area contributed by atoms with E-state index in [0.717, 1.165) is 4.90 Å². The van der Waals surface area contributed by atoms with E-state index in [9.17, 15) is 9.59 Å². The van der Waals surface area contributed by atoms with Crippen molar-refractivity contribution in [2.75, 3.05) is 18.1 Å². The third-order valence-corrected chi connectivity index (χ3v) is 5.18. The first kappa shape index (κ1) is 21.9. The van der Waals surface area contributed by atoms with Crippen molar-refractivity contribution in [3.8, 4) is 6.07 Å². The third kappa shape index (κ3) is 4.22. The number of amides is 2. The number of guanidine groups is 1. The van der Waals surface area contributed by atoms with E-state index in [-0.39, 0.29) is 39.9 Å². The SMILES string of the molecule is CN1C(=O)C[C@@](C)(c2cccc(Nc3cc(Cl)c(C#N)cc3N)c2F)N=C1NC(=O)O. The molecule has 2 aromatic carbocycles. The van der Waals surface area contributed by atoms with E-state index >= 15 is 4.39 Å². The van der Waals surface area contributed by atoms with Crippen LogP contribution in [0.1, 0.15) is 24.5 Å². The number of carbonyl (C=O) groups excluding carboxylic acids is 1. The number of carboxylic acid groups (broad SMARTS) is 1. The Balaban J connectivity index is 2.04. The summed E-state index contributed by atoms with van der Waals surface area (Å²) in [5, 5.41) is 23.1. The molecule has 3 rings (SSSR count). The monoisotopic (exact) mass is 444 g/mol. The Morgan fingerprint density at radius 2 is 2.13 bits per heavy atom. The van der Waals surface area contributed by atoms with Crippen LogP contribution in [-0.4, -0.2) is 35.0 Å². The Kier molecular flexibility index (Phi) is 5.73. The van der Waals surface area contributed by atoms with Gasteiger partial charge in [0.1, 0.15) is 6.07 Å². The van der Waals surface area contributed by atoms with Crippen molar-refractivity contribution in [1.82, 2.24) is 10.2 Å². The summed E-state index contributed by atoms with van der Waals surface area (Å²) in [5.41, 5.74) is 5.38. The number of nitrogens with two attached hydrogens (primary N) is 1. The summed E-state index contributed by atoms with van der Waals surface area (Å²) in [7, 11) is 1.38. The summed E-state index contributed by atoms with van der Waals surface area (Å²) in [6.07, 6.45) is -1.56. The molecule has 2 amide bonds. The van der Waals surface area contributed by atoms with Crippen molar-refractivity contribution in [2.45, 2.75) is 18.9 Å². The first-order valence-electron chi connectivity index (χ1n) is 8.97. The van der Waals surface area contributed by atoms with Crippen molar-refractivity contribution >= 4 is 46.6 Å². The molecule has 0 aliphatic carbocycles. The van der Waals surface area contributed by atoms with Gasteiger partial charge < -0.3 is 16.2 Å². The molecule has 5 N–H and O–H groups in total. The lowest BCUT2D eigenvalue weighted by atomic mass is 9.87. The van der Waals surface area contributed by atoms with E-state index in [0.29, 0.717) is 5.69 Å². The van der Waals surface area contributed by atoms with Gasteiger partial charge in [0.15, 0.2) is 5.82 Å². The van der Waals surface area contributed by atoms with Crippen LogP contribution in [0.4, 0.5) is 26.2 Å². The summed E-state index contributed by atoms with van der Waals surface area (Å²) < 4.78 is 15.5. The van der Waals surface area contributed by atoms with Crippen LogP contribution in [0.15, 0.2) is 35.3 Å². The Morgan fingerprint density at radius 1 is 1.42 bits per heavy atom. The minimum Gasteiger partial charge on any atom is -0.465 e. The number of nitrogen functional groups attached to an aromatic ring is 1. The van der Waals surface area contributed by atoms with Crippen molar-refractivity contribution in [2.24, 2.45) is 4.99 Å².